The molecule has 0 aromatic carbocycles. The van der Waals surface area contributed by atoms with Crippen LogP contribution in [0.1, 0.15) is 84.6 Å². The highest BCUT2D eigenvalue weighted by Gasteiger charge is 2.61. The van der Waals surface area contributed by atoms with Gasteiger partial charge in [0.2, 0.25) is 0 Å². The highest BCUT2D eigenvalue weighted by molar-refractivity contribution is 7.81. The largest absolute Gasteiger partial charge is 0.472 e. The van der Waals surface area contributed by atoms with Crippen LogP contribution in [0.3, 0.4) is 0 Å². The van der Waals surface area contributed by atoms with Crippen molar-refractivity contribution in [3.05, 3.63) is 36.0 Å². The lowest BCUT2D eigenvalue weighted by Crippen LogP contribution is -3.10. The second-order valence-electron chi connectivity index (χ2n) is 12.9. The first-order valence-corrected chi connectivity index (χ1v) is 15.0. The average Bonchev–Trinajstić information content (AvgIpc) is 3.29. The predicted octanol–water partition coefficient (Wildman–Crippen LogP) is 4.60. The van der Waals surface area contributed by atoms with E-state index in [1.54, 1.807) is 12.5 Å². The zero-order chi connectivity index (χ0) is 27.6. The van der Waals surface area contributed by atoms with Gasteiger partial charge in [-0.2, -0.15) is 8.42 Å². The molecule has 9 heteroatoms. The van der Waals surface area contributed by atoms with E-state index in [9.17, 15) is 8.42 Å². The molecule has 1 aromatic heterocycles. The van der Waals surface area contributed by atoms with Crippen LogP contribution in [0.15, 0.2) is 34.8 Å². The number of furan rings is 1. The number of allylic oxidation sites excluding steroid dienone is 1. The Morgan fingerprint density at radius 3 is 2.43 bits per heavy atom. The molecule has 3 saturated carbocycles. The van der Waals surface area contributed by atoms with Crippen LogP contribution in [-0.2, 0) is 21.0 Å². The van der Waals surface area contributed by atoms with Crippen molar-refractivity contribution >= 4 is 16.4 Å². The van der Waals surface area contributed by atoms with Crippen molar-refractivity contribution < 1.29 is 26.5 Å². The molecule has 0 aliphatic heterocycles. The fraction of sp³-hybridized carbons (Fsp3) is 0.750. The van der Waals surface area contributed by atoms with Crippen LogP contribution in [0, 0.1) is 39.4 Å². The van der Waals surface area contributed by atoms with E-state index in [1.165, 1.54) is 37.5 Å². The molecule has 3 aliphatic carbocycles. The van der Waals surface area contributed by atoms with Crippen LogP contribution in [-0.4, -0.2) is 33.0 Å². The Morgan fingerprint density at radius 2 is 1.86 bits per heavy atom. The van der Waals surface area contributed by atoms with Gasteiger partial charge in [-0.05, 0) is 103 Å². The normalized spacial score (nSPS) is 34.2. The average molecular weight is 539 g/mol. The van der Waals surface area contributed by atoms with Crippen LogP contribution in [0.4, 0.5) is 0 Å². The summed E-state index contributed by atoms with van der Waals surface area (Å²) in [6.45, 7) is 9.89. The molecular formula is C28H48N3O5S+. The molecule has 0 saturated heterocycles. The van der Waals surface area contributed by atoms with Gasteiger partial charge in [0, 0.05) is 0 Å². The summed E-state index contributed by atoms with van der Waals surface area (Å²) in [5, 5.41) is 6.69. The van der Waals surface area contributed by atoms with Crippen LogP contribution in [0.2, 0.25) is 0 Å². The van der Waals surface area contributed by atoms with Gasteiger partial charge in [0.25, 0.3) is 5.96 Å². The summed E-state index contributed by atoms with van der Waals surface area (Å²) in [6.07, 6.45) is 14.8. The van der Waals surface area contributed by atoms with E-state index in [-0.39, 0.29) is 17.3 Å². The maximum Gasteiger partial charge on any atom is 0.445 e. The number of quaternary nitrogens is 1. The third-order valence-corrected chi connectivity index (χ3v) is 10.3. The Hall–Kier alpha value is -1.84. The Kier molecular flexibility index (Phi) is 8.92. The number of fused-ring (bicyclic) bond motifs is 3. The Balaban J connectivity index is 0.000000568. The highest BCUT2D eigenvalue weighted by atomic mass is 32.3. The molecule has 210 valence electrons. The maximum absolute atomic E-state index is 11.3. The quantitative estimate of drug-likeness (QED) is 0.188. The number of nitrogens with two attached hydrogens (primary N) is 1. The lowest BCUT2D eigenvalue weighted by Gasteiger charge is -2.66. The summed E-state index contributed by atoms with van der Waals surface area (Å²) in [7, 11) is -0.876. The zero-order valence-electron chi connectivity index (χ0n) is 23.5. The number of hydrogen-bond donors (Lipinski definition) is 4. The lowest BCUT2D eigenvalue weighted by molar-refractivity contribution is -0.760. The molecule has 37 heavy (non-hydrogen) atoms. The summed E-state index contributed by atoms with van der Waals surface area (Å²) < 4.78 is 41.7. The number of hydrogen-bond acceptors (Lipinski definition) is 5. The summed E-state index contributed by atoms with van der Waals surface area (Å²) in [4.78, 5) is 0.870. The summed E-state index contributed by atoms with van der Waals surface area (Å²) in [5.41, 5.74) is 7.96. The van der Waals surface area contributed by atoms with E-state index in [0.29, 0.717) is 16.7 Å². The first-order valence-electron chi connectivity index (χ1n) is 13.6. The van der Waals surface area contributed by atoms with Crippen LogP contribution in [0.25, 0.3) is 0 Å². The molecule has 0 amide bonds. The van der Waals surface area contributed by atoms with E-state index < -0.39 is 10.4 Å². The Bertz CT molecular complexity index is 1070. The minimum Gasteiger partial charge on any atom is -0.472 e. The second-order valence-corrected chi connectivity index (χ2v) is 13.9. The van der Waals surface area contributed by atoms with Crippen molar-refractivity contribution in [2.24, 2.45) is 39.7 Å². The molecule has 0 radical (unpaired) electrons. The minimum absolute atomic E-state index is 0.0923. The number of guanidine groups is 1. The number of aryl methyl sites for hydroxylation is 1. The van der Waals surface area contributed by atoms with E-state index in [4.69, 9.17) is 24.3 Å². The van der Waals surface area contributed by atoms with Crippen molar-refractivity contribution in [2.45, 2.75) is 85.5 Å². The van der Waals surface area contributed by atoms with Crippen molar-refractivity contribution in [2.75, 3.05) is 14.1 Å². The number of rotatable bonds is 5. The lowest BCUT2D eigenvalue weighted by atomic mass is 9.39. The van der Waals surface area contributed by atoms with Crippen LogP contribution >= 0.6 is 0 Å². The fourth-order valence-electron chi connectivity index (χ4n) is 8.20. The van der Waals surface area contributed by atoms with Gasteiger partial charge in [-0.25, -0.2) is 5.41 Å². The van der Waals surface area contributed by atoms with Gasteiger partial charge in [0.1, 0.15) is 6.26 Å². The van der Waals surface area contributed by atoms with Gasteiger partial charge >= 0.3 is 10.4 Å². The monoisotopic (exact) mass is 538 g/mol. The first kappa shape index (κ1) is 29.7. The molecule has 3 aliphatic rings. The SMILES string of the molecule is CC1(C)CCCC2(C)C1CCC1(C)C(CCc3ccoc3)/C(=C/OS(=O)(=O)O)CCC12.C[NH+](C)C(=N)N. The molecular weight excluding hydrogens is 490 g/mol. The second kappa shape index (κ2) is 11.1. The molecule has 5 N–H and O–H groups in total. The molecule has 1 heterocycles. The van der Waals surface area contributed by atoms with Gasteiger partial charge in [-0.1, -0.05) is 34.1 Å². The Labute approximate surface area is 223 Å². The molecule has 0 spiro atoms. The molecule has 4 rings (SSSR count). The first-order chi connectivity index (χ1) is 17.1. The summed E-state index contributed by atoms with van der Waals surface area (Å²) >= 11 is 0. The van der Waals surface area contributed by atoms with Gasteiger partial charge in [-0.15, -0.1) is 0 Å². The van der Waals surface area contributed by atoms with Crippen molar-refractivity contribution in [3.63, 3.8) is 0 Å². The third-order valence-electron chi connectivity index (χ3n) is 9.97. The summed E-state index contributed by atoms with van der Waals surface area (Å²) in [6, 6.07) is 2.00. The zero-order valence-corrected chi connectivity index (χ0v) is 24.3. The molecule has 5 unspecified atom stereocenters. The smallest absolute Gasteiger partial charge is 0.445 e. The molecule has 1 aromatic rings. The van der Waals surface area contributed by atoms with Gasteiger partial charge in [-0.3, -0.25) is 9.45 Å². The van der Waals surface area contributed by atoms with Crippen molar-refractivity contribution in [1.82, 2.24) is 0 Å². The molecule has 3 fully saturated rings. The van der Waals surface area contributed by atoms with E-state index >= 15 is 0 Å². The minimum atomic E-state index is -4.49. The molecule has 8 nitrogen and oxygen atoms in total. The van der Waals surface area contributed by atoms with E-state index in [0.717, 1.165) is 48.5 Å². The van der Waals surface area contributed by atoms with Gasteiger partial charge in [0.05, 0.1) is 26.6 Å². The third kappa shape index (κ3) is 6.60. The van der Waals surface area contributed by atoms with E-state index in [1.807, 2.05) is 20.2 Å². The maximum atomic E-state index is 11.3. The standard InChI is InChI=1S/C25H38O5S.C3H9N3/c1-23(2)12-5-13-25(4)21(23)10-14-24(3)20(8-6-18-11-15-29-16-18)19(7-9-22(24)25)17-30-31(26,27)28;1-6(2)3(4)5/h11,15-17,20-22H,5-10,12-14H2,1-4H3,(H,26,27,28);1-2H3,(H3,4,5)/p+1/b19-17+;. The van der Waals surface area contributed by atoms with Gasteiger partial charge in [0.15, 0.2) is 0 Å². The highest BCUT2D eigenvalue weighted by Crippen LogP contribution is 2.69. The van der Waals surface area contributed by atoms with Crippen molar-refractivity contribution in [3.8, 4) is 0 Å². The van der Waals surface area contributed by atoms with Gasteiger partial charge < -0.3 is 14.3 Å². The van der Waals surface area contributed by atoms with E-state index in [2.05, 4.69) is 27.7 Å². The predicted molar refractivity (Wildman–Crippen MR) is 145 cm³/mol. The van der Waals surface area contributed by atoms with Crippen LogP contribution in [0.5, 0.6) is 0 Å². The number of nitrogens with one attached hydrogen (secondary N) is 2. The molecule has 0 bridgehead atoms. The summed E-state index contributed by atoms with van der Waals surface area (Å²) in [5.74, 6) is 1.75. The van der Waals surface area contributed by atoms with Crippen molar-refractivity contribution in [1.29, 1.82) is 5.41 Å². The van der Waals surface area contributed by atoms with Crippen LogP contribution < -0.4 is 10.6 Å². The topological polar surface area (TPSA) is 131 Å². The molecule has 5 atom stereocenters. The fourth-order valence-corrected chi connectivity index (χ4v) is 8.44. The Morgan fingerprint density at radius 1 is 1.19 bits per heavy atom.